The summed E-state index contributed by atoms with van der Waals surface area (Å²) in [5.74, 6) is 0.775. The van der Waals surface area contributed by atoms with Crippen LogP contribution < -0.4 is 10.1 Å². The molecule has 2 aromatic carbocycles. The SMILES string of the molecule is Cl.FC[C@H](c1ccccc1OCc1ccccc1)N1CCNCC1. The van der Waals surface area contributed by atoms with Crippen LogP contribution in [0.25, 0.3) is 0 Å². The van der Waals surface area contributed by atoms with Gasteiger partial charge in [-0.2, -0.15) is 0 Å². The summed E-state index contributed by atoms with van der Waals surface area (Å²) in [6, 6.07) is 17.6. The van der Waals surface area contributed by atoms with Gasteiger partial charge in [0, 0.05) is 31.7 Å². The highest BCUT2D eigenvalue weighted by molar-refractivity contribution is 5.85. The Balaban J connectivity index is 0.00000208. The van der Waals surface area contributed by atoms with E-state index in [1.807, 2.05) is 54.6 Å². The van der Waals surface area contributed by atoms with E-state index in [4.69, 9.17) is 4.74 Å². The summed E-state index contributed by atoms with van der Waals surface area (Å²) in [6.07, 6.45) is 0. The smallest absolute Gasteiger partial charge is 0.124 e. The second kappa shape index (κ2) is 9.62. The van der Waals surface area contributed by atoms with E-state index in [9.17, 15) is 4.39 Å². The number of halogens is 2. The van der Waals surface area contributed by atoms with Crippen LogP contribution in [0.3, 0.4) is 0 Å². The zero-order valence-corrected chi connectivity index (χ0v) is 14.5. The highest BCUT2D eigenvalue weighted by atomic mass is 35.5. The van der Waals surface area contributed by atoms with Crippen LogP contribution in [-0.4, -0.2) is 37.8 Å². The number of nitrogens with one attached hydrogen (secondary N) is 1. The van der Waals surface area contributed by atoms with Gasteiger partial charge in [-0.1, -0.05) is 48.5 Å². The first-order valence-electron chi connectivity index (χ1n) is 8.15. The molecule has 1 N–H and O–H groups in total. The summed E-state index contributed by atoms with van der Waals surface area (Å²) in [7, 11) is 0. The van der Waals surface area contributed by atoms with Crippen molar-refractivity contribution in [3.63, 3.8) is 0 Å². The van der Waals surface area contributed by atoms with E-state index in [2.05, 4.69) is 10.2 Å². The summed E-state index contributed by atoms with van der Waals surface area (Å²) in [4.78, 5) is 2.20. The Labute approximate surface area is 149 Å². The molecule has 1 saturated heterocycles. The number of para-hydroxylation sites is 1. The molecule has 1 atom stereocenters. The number of nitrogens with zero attached hydrogens (tertiary/aromatic N) is 1. The summed E-state index contributed by atoms with van der Waals surface area (Å²) in [5, 5.41) is 3.31. The molecule has 0 unspecified atom stereocenters. The van der Waals surface area contributed by atoms with E-state index in [1.165, 1.54) is 0 Å². The van der Waals surface area contributed by atoms with Gasteiger partial charge in [0.25, 0.3) is 0 Å². The fraction of sp³-hybridized carbons (Fsp3) is 0.368. The average molecular weight is 351 g/mol. The molecule has 5 heteroatoms. The Morgan fingerprint density at radius 1 is 1.00 bits per heavy atom. The molecule has 1 heterocycles. The molecule has 0 radical (unpaired) electrons. The van der Waals surface area contributed by atoms with Gasteiger partial charge in [-0.15, -0.1) is 12.4 Å². The van der Waals surface area contributed by atoms with E-state index in [0.717, 1.165) is 43.1 Å². The maximum Gasteiger partial charge on any atom is 0.124 e. The highest BCUT2D eigenvalue weighted by Crippen LogP contribution is 2.30. The third-order valence-corrected chi connectivity index (χ3v) is 4.25. The van der Waals surface area contributed by atoms with Crippen LogP contribution in [0, 0.1) is 0 Å². The molecular weight excluding hydrogens is 327 g/mol. The number of ether oxygens (including phenoxy) is 1. The number of piperazine rings is 1. The molecule has 2 aromatic rings. The standard InChI is InChI=1S/C19H23FN2O.ClH/c20-14-18(22-12-10-21-11-13-22)17-8-4-5-9-19(17)23-15-16-6-2-1-3-7-16;/h1-9,18,21H,10-15H2;1H/t18-;/m1./s1. The Morgan fingerprint density at radius 2 is 1.67 bits per heavy atom. The molecule has 130 valence electrons. The van der Waals surface area contributed by atoms with Crippen LogP contribution in [0.15, 0.2) is 54.6 Å². The zero-order valence-electron chi connectivity index (χ0n) is 13.7. The molecule has 24 heavy (non-hydrogen) atoms. The van der Waals surface area contributed by atoms with Gasteiger partial charge in [0.1, 0.15) is 19.0 Å². The maximum absolute atomic E-state index is 13.8. The predicted octanol–water partition coefficient (Wildman–Crippen LogP) is 3.60. The summed E-state index contributed by atoms with van der Waals surface area (Å²) in [6.45, 7) is 3.64. The molecule has 1 fully saturated rings. The first-order valence-corrected chi connectivity index (χ1v) is 8.15. The third-order valence-electron chi connectivity index (χ3n) is 4.25. The van der Waals surface area contributed by atoms with Crippen molar-refractivity contribution in [3.8, 4) is 5.75 Å². The monoisotopic (exact) mass is 350 g/mol. The average Bonchev–Trinajstić information content (AvgIpc) is 2.63. The molecule has 3 nitrogen and oxygen atoms in total. The Morgan fingerprint density at radius 3 is 2.38 bits per heavy atom. The normalized spacial score (nSPS) is 16.2. The van der Waals surface area contributed by atoms with Crippen molar-refractivity contribution in [1.29, 1.82) is 0 Å². The molecule has 0 spiro atoms. The van der Waals surface area contributed by atoms with Gasteiger partial charge >= 0.3 is 0 Å². The molecule has 0 amide bonds. The number of hydrogen-bond donors (Lipinski definition) is 1. The topological polar surface area (TPSA) is 24.5 Å². The van der Waals surface area contributed by atoms with Crippen LogP contribution in [0.1, 0.15) is 17.2 Å². The third kappa shape index (κ3) is 4.69. The fourth-order valence-electron chi connectivity index (χ4n) is 2.99. The minimum absolute atomic E-state index is 0. The van der Waals surface area contributed by atoms with Gasteiger partial charge < -0.3 is 10.1 Å². The number of benzene rings is 2. The first-order chi connectivity index (χ1) is 11.4. The molecule has 1 aliphatic rings. The van der Waals surface area contributed by atoms with Gasteiger partial charge in [0.2, 0.25) is 0 Å². The second-order valence-corrected chi connectivity index (χ2v) is 5.77. The first kappa shape index (κ1) is 18.7. The minimum Gasteiger partial charge on any atom is -0.489 e. The summed E-state index contributed by atoms with van der Waals surface area (Å²) < 4.78 is 19.7. The van der Waals surface area contributed by atoms with Gasteiger partial charge in [-0.05, 0) is 11.6 Å². The molecule has 0 saturated carbocycles. The lowest BCUT2D eigenvalue weighted by Crippen LogP contribution is -2.45. The second-order valence-electron chi connectivity index (χ2n) is 5.77. The van der Waals surface area contributed by atoms with Gasteiger partial charge in [0.05, 0.1) is 6.04 Å². The molecule has 3 rings (SSSR count). The van der Waals surface area contributed by atoms with Crippen LogP contribution in [0.5, 0.6) is 5.75 Å². The Bertz CT molecular complexity index is 605. The van der Waals surface area contributed by atoms with Crippen molar-refractivity contribution < 1.29 is 9.13 Å². The van der Waals surface area contributed by atoms with Crippen LogP contribution in [0.2, 0.25) is 0 Å². The van der Waals surface area contributed by atoms with E-state index >= 15 is 0 Å². The van der Waals surface area contributed by atoms with Crippen molar-refractivity contribution >= 4 is 12.4 Å². The van der Waals surface area contributed by atoms with Crippen molar-refractivity contribution in [1.82, 2.24) is 10.2 Å². The van der Waals surface area contributed by atoms with Crippen molar-refractivity contribution in [3.05, 3.63) is 65.7 Å². The molecule has 0 aromatic heterocycles. The van der Waals surface area contributed by atoms with Gasteiger partial charge in [-0.3, -0.25) is 4.90 Å². The molecule has 0 aliphatic carbocycles. The number of rotatable bonds is 6. The van der Waals surface area contributed by atoms with Crippen molar-refractivity contribution in [2.45, 2.75) is 12.6 Å². The number of hydrogen-bond acceptors (Lipinski definition) is 3. The lowest BCUT2D eigenvalue weighted by atomic mass is 10.0. The lowest BCUT2D eigenvalue weighted by molar-refractivity contribution is 0.143. The van der Waals surface area contributed by atoms with E-state index < -0.39 is 6.67 Å². The van der Waals surface area contributed by atoms with Gasteiger partial charge in [0.15, 0.2) is 0 Å². The quantitative estimate of drug-likeness (QED) is 0.861. The lowest BCUT2D eigenvalue weighted by Gasteiger charge is -2.34. The Hall–Kier alpha value is -1.62. The summed E-state index contributed by atoms with van der Waals surface area (Å²) in [5.41, 5.74) is 2.05. The fourth-order valence-corrected chi connectivity index (χ4v) is 2.99. The van der Waals surface area contributed by atoms with Crippen LogP contribution in [0.4, 0.5) is 4.39 Å². The van der Waals surface area contributed by atoms with Crippen LogP contribution in [-0.2, 0) is 6.61 Å². The summed E-state index contributed by atoms with van der Waals surface area (Å²) >= 11 is 0. The molecule has 0 bridgehead atoms. The molecule has 1 aliphatic heterocycles. The van der Waals surface area contributed by atoms with E-state index in [0.29, 0.717) is 6.61 Å². The largest absolute Gasteiger partial charge is 0.489 e. The van der Waals surface area contributed by atoms with E-state index in [-0.39, 0.29) is 18.4 Å². The highest BCUT2D eigenvalue weighted by Gasteiger charge is 2.24. The number of alkyl halides is 1. The maximum atomic E-state index is 13.8. The van der Waals surface area contributed by atoms with E-state index in [1.54, 1.807) is 0 Å². The minimum atomic E-state index is -0.397. The zero-order chi connectivity index (χ0) is 15.9. The van der Waals surface area contributed by atoms with Crippen molar-refractivity contribution in [2.75, 3.05) is 32.9 Å². The Kier molecular flexibility index (Phi) is 7.50. The van der Waals surface area contributed by atoms with Gasteiger partial charge in [-0.25, -0.2) is 4.39 Å². The van der Waals surface area contributed by atoms with Crippen molar-refractivity contribution in [2.24, 2.45) is 0 Å². The van der Waals surface area contributed by atoms with Crippen LogP contribution >= 0.6 is 12.4 Å². The predicted molar refractivity (Wildman–Crippen MR) is 97.6 cm³/mol. The molecular formula is C19H24ClFN2O.